The number of nitrogens with two attached hydrogens (primary N) is 1. The lowest BCUT2D eigenvalue weighted by atomic mass is 10.2. The van der Waals surface area contributed by atoms with Gasteiger partial charge in [-0.1, -0.05) is 6.07 Å². The van der Waals surface area contributed by atoms with Crippen LogP contribution in [0.25, 0.3) is 10.9 Å². The Labute approximate surface area is 120 Å². The molecule has 2 N–H and O–H groups in total. The van der Waals surface area contributed by atoms with E-state index in [-0.39, 0.29) is 0 Å². The number of nitrogens with zero attached hydrogens (tertiary/aromatic N) is 2. The lowest BCUT2D eigenvalue weighted by Gasteiger charge is -2.27. The number of morpholine rings is 1. The largest absolute Gasteiger partial charge is 0.399 e. The molecular weight excluding hydrogens is 250 g/mol. The summed E-state index contributed by atoms with van der Waals surface area (Å²) < 4.78 is 7.83. The van der Waals surface area contributed by atoms with E-state index in [0.29, 0.717) is 6.04 Å². The number of fused-ring (bicyclic) bond motifs is 1. The summed E-state index contributed by atoms with van der Waals surface area (Å²) in [5, 5.41) is 1.27. The van der Waals surface area contributed by atoms with Crippen molar-refractivity contribution in [1.82, 2.24) is 9.47 Å². The van der Waals surface area contributed by atoms with Crippen LogP contribution in [-0.2, 0) is 11.3 Å². The van der Waals surface area contributed by atoms with Gasteiger partial charge in [-0.25, -0.2) is 0 Å². The van der Waals surface area contributed by atoms with Gasteiger partial charge in [0.25, 0.3) is 0 Å². The van der Waals surface area contributed by atoms with Gasteiger partial charge in [0.15, 0.2) is 0 Å². The molecule has 2 aromatic rings. The number of benzene rings is 1. The second kappa shape index (κ2) is 5.46. The Morgan fingerprint density at radius 3 is 2.65 bits per heavy atom. The van der Waals surface area contributed by atoms with Crippen LogP contribution in [-0.4, -0.2) is 35.8 Å². The van der Waals surface area contributed by atoms with Gasteiger partial charge in [0.1, 0.15) is 0 Å². The van der Waals surface area contributed by atoms with Crippen LogP contribution in [0, 0.1) is 0 Å². The normalized spacial score (nSPS) is 17.1. The minimum atomic E-state index is 0.436. The van der Waals surface area contributed by atoms with E-state index >= 15 is 0 Å². The zero-order valence-corrected chi connectivity index (χ0v) is 12.3. The second-order valence-corrected chi connectivity index (χ2v) is 5.81. The number of hydrogen-bond acceptors (Lipinski definition) is 3. The summed E-state index contributed by atoms with van der Waals surface area (Å²) in [7, 11) is 0. The zero-order chi connectivity index (χ0) is 14.1. The van der Waals surface area contributed by atoms with Crippen LogP contribution in [0.2, 0.25) is 0 Å². The number of nitrogen functional groups attached to an aromatic ring is 1. The monoisotopic (exact) mass is 273 g/mol. The lowest BCUT2D eigenvalue weighted by Crippen LogP contribution is -2.36. The van der Waals surface area contributed by atoms with Crippen molar-refractivity contribution in [1.29, 1.82) is 0 Å². The van der Waals surface area contributed by atoms with E-state index in [9.17, 15) is 0 Å². The third-order valence-corrected chi connectivity index (χ3v) is 3.95. The smallest absolute Gasteiger partial charge is 0.0594 e. The zero-order valence-electron chi connectivity index (χ0n) is 12.3. The highest BCUT2D eigenvalue weighted by atomic mass is 16.5. The van der Waals surface area contributed by atoms with Crippen LogP contribution in [0.4, 0.5) is 5.69 Å². The van der Waals surface area contributed by atoms with Gasteiger partial charge in [-0.15, -0.1) is 0 Å². The van der Waals surface area contributed by atoms with Gasteiger partial charge in [0.2, 0.25) is 0 Å². The van der Waals surface area contributed by atoms with Crippen molar-refractivity contribution in [3.05, 3.63) is 30.0 Å². The molecule has 1 aromatic carbocycles. The predicted molar refractivity (Wildman–Crippen MR) is 82.8 cm³/mol. The number of rotatable bonds is 3. The van der Waals surface area contributed by atoms with Crippen molar-refractivity contribution in [2.75, 3.05) is 32.0 Å². The van der Waals surface area contributed by atoms with E-state index < -0.39 is 0 Å². The molecule has 3 rings (SSSR count). The van der Waals surface area contributed by atoms with Crippen LogP contribution < -0.4 is 5.73 Å². The minimum Gasteiger partial charge on any atom is -0.399 e. The van der Waals surface area contributed by atoms with E-state index in [0.717, 1.165) is 38.5 Å². The number of ether oxygens (including phenoxy) is 1. The predicted octanol–water partition coefficient (Wildman–Crippen LogP) is 2.64. The van der Waals surface area contributed by atoms with Crippen molar-refractivity contribution in [3.63, 3.8) is 0 Å². The van der Waals surface area contributed by atoms with E-state index in [1.165, 1.54) is 16.6 Å². The van der Waals surface area contributed by atoms with Crippen LogP contribution in [0.15, 0.2) is 24.3 Å². The fourth-order valence-corrected chi connectivity index (χ4v) is 3.02. The number of hydrogen-bond donors (Lipinski definition) is 1. The number of aromatic nitrogens is 1. The summed E-state index contributed by atoms with van der Waals surface area (Å²) >= 11 is 0. The first kappa shape index (κ1) is 13.5. The molecule has 4 heteroatoms. The third kappa shape index (κ3) is 2.53. The Morgan fingerprint density at radius 2 is 1.95 bits per heavy atom. The van der Waals surface area contributed by atoms with Gasteiger partial charge < -0.3 is 15.0 Å². The average molecular weight is 273 g/mol. The van der Waals surface area contributed by atoms with Gasteiger partial charge in [-0.3, -0.25) is 4.90 Å². The molecule has 1 aliphatic rings. The fraction of sp³-hybridized carbons (Fsp3) is 0.500. The molecule has 1 saturated heterocycles. The Balaban J connectivity index is 1.98. The summed E-state index contributed by atoms with van der Waals surface area (Å²) in [5.41, 5.74) is 9.38. The van der Waals surface area contributed by atoms with Crippen LogP contribution >= 0.6 is 0 Å². The highest BCUT2D eigenvalue weighted by Gasteiger charge is 2.16. The first-order valence-electron chi connectivity index (χ1n) is 7.34. The van der Waals surface area contributed by atoms with Crippen LogP contribution in [0.5, 0.6) is 0 Å². The van der Waals surface area contributed by atoms with Crippen molar-refractivity contribution in [2.24, 2.45) is 0 Å². The maximum Gasteiger partial charge on any atom is 0.0594 e. The van der Waals surface area contributed by atoms with Crippen molar-refractivity contribution < 1.29 is 4.74 Å². The molecule has 0 radical (unpaired) electrons. The SMILES string of the molecule is CC(C)n1c(CN2CCOCC2)cc2ccc(N)cc21. The third-order valence-electron chi connectivity index (χ3n) is 3.95. The minimum absolute atomic E-state index is 0.436. The Bertz CT molecular complexity index is 597. The highest BCUT2D eigenvalue weighted by molar-refractivity contribution is 5.84. The van der Waals surface area contributed by atoms with Gasteiger partial charge >= 0.3 is 0 Å². The quantitative estimate of drug-likeness (QED) is 0.874. The first-order chi connectivity index (χ1) is 9.65. The first-order valence-corrected chi connectivity index (χ1v) is 7.34. The lowest BCUT2D eigenvalue weighted by molar-refractivity contribution is 0.0331. The molecule has 2 heterocycles. The molecule has 1 aromatic heterocycles. The molecule has 0 bridgehead atoms. The second-order valence-electron chi connectivity index (χ2n) is 5.81. The van der Waals surface area contributed by atoms with Crippen molar-refractivity contribution >= 4 is 16.6 Å². The van der Waals surface area contributed by atoms with Gasteiger partial charge in [-0.05, 0) is 32.0 Å². The molecule has 0 atom stereocenters. The van der Waals surface area contributed by atoms with E-state index in [4.69, 9.17) is 10.5 Å². The maximum absolute atomic E-state index is 5.95. The Hall–Kier alpha value is -1.52. The van der Waals surface area contributed by atoms with Gasteiger partial charge in [-0.2, -0.15) is 0 Å². The fourth-order valence-electron chi connectivity index (χ4n) is 3.02. The molecule has 0 saturated carbocycles. The molecule has 0 spiro atoms. The molecule has 0 aliphatic carbocycles. The maximum atomic E-state index is 5.95. The summed E-state index contributed by atoms with van der Waals surface area (Å²) in [6.45, 7) is 9.15. The average Bonchev–Trinajstić information content (AvgIpc) is 2.77. The van der Waals surface area contributed by atoms with Crippen LogP contribution in [0.1, 0.15) is 25.6 Å². The van der Waals surface area contributed by atoms with E-state index in [1.54, 1.807) is 0 Å². The highest BCUT2D eigenvalue weighted by Crippen LogP contribution is 2.27. The Morgan fingerprint density at radius 1 is 1.20 bits per heavy atom. The van der Waals surface area contributed by atoms with E-state index in [2.05, 4.69) is 41.5 Å². The van der Waals surface area contributed by atoms with Gasteiger partial charge in [0.05, 0.1) is 18.7 Å². The number of anilines is 1. The standard InChI is InChI=1S/C16H23N3O/c1-12(2)19-15(11-18-5-7-20-8-6-18)9-13-3-4-14(17)10-16(13)19/h3-4,9-10,12H,5-8,11,17H2,1-2H3. The van der Waals surface area contributed by atoms with E-state index in [1.807, 2.05) is 6.07 Å². The molecule has 1 fully saturated rings. The molecule has 20 heavy (non-hydrogen) atoms. The van der Waals surface area contributed by atoms with Crippen molar-refractivity contribution in [3.8, 4) is 0 Å². The van der Waals surface area contributed by atoms with Crippen molar-refractivity contribution in [2.45, 2.75) is 26.4 Å². The van der Waals surface area contributed by atoms with Gasteiger partial charge in [0, 0.05) is 42.4 Å². The molecule has 108 valence electrons. The molecule has 0 unspecified atom stereocenters. The summed E-state index contributed by atoms with van der Waals surface area (Å²) in [4.78, 5) is 2.46. The molecule has 0 amide bonds. The van der Waals surface area contributed by atoms with Crippen LogP contribution in [0.3, 0.4) is 0 Å². The summed E-state index contributed by atoms with van der Waals surface area (Å²) in [6.07, 6.45) is 0. The topological polar surface area (TPSA) is 43.4 Å². The molecule has 4 nitrogen and oxygen atoms in total. The summed E-state index contributed by atoms with van der Waals surface area (Å²) in [5.74, 6) is 0. The Kier molecular flexibility index (Phi) is 3.68. The summed E-state index contributed by atoms with van der Waals surface area (Å²) in [6, 6.07) is 8.91. The molecular formula is C16H23N3O. The molecule has 1 aliphatic heterocycles.